The standard InChI is InChI=1S/C16H32N2O3/c1-5-9-17-16(3,15(19)21-6-2)13-18(4)12-14-7-10-20-11-8-14/h14,17H,5-13H2,1-4H3. The van der Waals surface area contributed by atoms with Crippen LogP contribution in [-0.2, 0) is 14.3 Å². The number of hydrogen-bond donors (Lipinski definition) is 1. The van der Waals surface area contributed by atoms with Gasteiger partial charge in [-0.25, -0.2) is 0 Å². The fraction of sp³-hybridized carbons (Fsp3) is 0.938. The second-order valence-corrected chi connectivity index (χ2v) is 6.23. The topological polar surface area (TPSA) is 50.8 Å². The number of carbonyl (C=O) groups excluding carboxylic acids is 1. The molecule has 1 unspecified atom stereocenters. The number of likely N-dealkylation sites (N-methyl/N-ethyl adjacent to an activating group) is 1. The van der Waals surface area contributed by atoms with Crippen LogP contribution in [0.2, 0.25) is 0 Å². The van der Waals surface area contributed by atoms with Crippen molar-refractivity contribution in [3.63, 3.8) is 0 Å². The Bertz CT molecular complexity index is 306. The minimum Gasteiger partial charge on any atom is -0.465 e. The highest BCUT2D eigenvalue weighted by molar-refractivity contribution is 5.80. The molecule has 0 amide bonds. The van der Waals surface area contributed by atoms with E-state index in [4.69, 9.17) is 9.47 Å². The molecule has 5 nitrogen and oxygen atoms in total. The molecule has 0 aromatic carbocycles. The number of hydrogen-bond acceptors (Lipinski definition) is 5. The Labute approximate surface area is 129 Å². The summed E-state index contributed by atoms with van der Waals surface area (Å²) in [6.07, 6.45) is 3.23. The van der Waals surface area contributed by atoms with E-state index < -0.39 is 5.54 Å². The monoisotopic (exact) mass is 300 g/mol. The first-order valence-electron chi connectivity index (χ1n) is 8.20. The van der Waals surface area contributed by atoms with Crippen LogP contribution in [0.25, 0.3) is 0 Å². The second-order valence-electron chi connectivity index (χ2n) is 6.23. The largest absolute Gasteiger partial charge is 0.465 e. The van der Waals surface area contributed by atoms with E-state index in [1.807, 2.05) is 13.8 Å². The molecule has 0 radical (unpaired) electrons. The van der Waals surface area contributed by atoms with Gasteiger partial charge in [-0.05, 0) is 52.6 Å². The molecule has 0 aromatic heterocycles. The van der Waals surface area contributed by atoms with E-state index in [0.717, 1.165) is 45.6 Å². The molecule has 0 bridgehead atoms. The zero-order valence-corrected chi connectivity index (χ0v) is 14.1. The molecule has 0 spiro atoms. The zero-order valence-electron chi connectivity index (χ0n) is 14.1. The van der Waals surface area contributed by atoms with Crippen LogP contribution in [0.1, 0.15) is 40.0 Å². The van der Waals surface area contributed by atoms with E-state index >= 15 is 0 Å². The van der Waals surface area contributed by atoms with Crippen LogP contribution < -0.4 is 5.32 Å². The van der Waals surface area contributed by atoms with Gasteiger partial charge in [0.15, 0.2) is 0 Å². The van der Waals surface area contributed by atoms with Crippen LogP contribution in [0, 0.1) is 5.92 Å². The summed E-state index contributed by atoms with van der Waals surface area (Å²) in [6, 6.07) is 0. The lowest BCUT2D eigenvalue weighted by atomic mass is 9.97. The summed E-state index contributed by atoms with van der Waals surface area (Å²) in [4.78, 5) is 14.5. The third kappa shape index (κ3) is 6.32. The summed E-state index contributed by atoms with van der Waals surface area (Å²) in [5.74, 6) is 0.513. The Morgan fingerprint density at radius 3 is 2.62 bits per heavy atom. The molecule has 0 saturated carbocycles. The van der Waals surface area contributed by atoms with E-state index in [1.54, 1.807) is 0 Å². The van der Waals surface area contributed by atoms with Crippen molar-refractivity contribution in [3.05, 3.63) is 0 Å². The fourth-order valence-corrected chi connectivity index (χ4v) is 2.86. The van der Waals surface area contributed by atoms with E-state index in [-0.39, 0.29) is 5.97 Å². The van der Waals surface area contributed by atoms with Gasteiger partial charge in [-0.1, -0.05) is 6.92 Å². The predicted octanol–water partition coefficient (Wildman–Crippen LogP) is 1.67. The molecule has 1 atom stereocenters. The molecule has 21 heavy (non-hydrogen) atoms. The van der Waals surface area contributed by atoms with Crippen molar-refractivity contribution in [1.29, 1.82) is 0 Å². The van der Waals surface area contributed by atoms with Crippen LogP contribution in [0.4, 0.5) is 0 Å². The Balaban J connectivity index is 2.54. The first-order valence-corrected chi connectivity index (χ1v) is 8.20. The fourth-order valence-electron chi connectivity index (χ4n) is 2.86. The number of ether oxygens (including phenoxy) is 2. The summed E-state index contributed by atoms with van der Waals surface area (Å²) in [5.41, 5.74) is -0.633. The minimum absolute atomic E-state index is 0.155. The van der Waals surface area contributed by atoms with E-state index in [0.29, 0.717) is 19.1 Å². The van der Waals surface area contributed by atoms with Crippen molar-refractivity contribution in [1.82, 2.24) is 10.2 Å². The summed E-state index contributed by atoms with van der Waals surface area (Å²) >= 11 is 0. The van der Waals surface area contributed by atoms with Crippen LogP contribution in [-0.4, -0.2) is 62.9 Å². The number of rotatable bonds is 9. The highest BCUT2D eigenvalue weighted by Gasteiger charge is 2.35. The molecule has 0 aliphatic carbocycles. The molecule has 1 fully saturated rings. The van der Waals surface area contributed by atoms with E-state index in [9.17, 15) is 4.79 Å². The van der Waals surface area contributed by atoms with Gasteiger partial charge in [0.25, 0.3) is 0 Å². The maximum atomic E-state index is 12.3. The average Bonchev–Trinajstić information content (AvgIpc) is 2.46. The van der Waals surface area contributed by atoms with Crippen molar-refractivity contribution in [2.24, 2.45) is 5.92 Å². The first kappa shape index (κ1) is 18.4. The van der Waals surface area contributed by atoms with Gasteiger partial charge in [0.1, 0.15) is 5.54 Å². The normalized spacial score (nSPS) is 19.5. The molecule has 1 N–H and O–H groups in total. The van der Waals surface area contributed by atoms with Gasteiger partial charge in [0.05, 0.1) is 6.61 Å². The molecule has 0 aromatic rings. The van der Waals surface area contributed by atoms with Crippen molar-refractivity contribution >= 4 is 5.97 Å². The van der Waals surface area contributed by atoms with Gasteiger partial charge < -0.3 is 19.7 Å². The SMILES string of the molecule is CCCNC(C)(CN(C)CC1CCOCC1)C(=O)OCC. The van der Waals surface area contributed by atoms with E-state index in [1.165, 1.54) is 0 Å². The number of esters is 1. The zero-order chi connectivity index (χ0) is 15.7. The first-order chi connectivity index (χ1) is 10.0. The molecule has 5 heteroatoms. The average molecular weight is 300 g/mol. The van der Waals surface area contributed by atoms with Crippen molar-refractivity contribution in [2.45, 2.75) is 45.6 Å². The highest BCUT2D eigenvalue weighted by Crippen LogP contribution is 2.17. The molecule has 1 heterocycles. The van der Waals surface area contributed by atoms with Crippen molar-refractivity contribution < 1.29 is 14.3 Å². The maximum Gasteiger partial charge on any atom is 0.327 e. The molecule has 1 saturated heterocycles. The lowest BCUT2D eigenvalue weighted by Crippen LogP contribution is -2.57. The van der Waals surface area contributed by atoms with Gasteiger partial charge in [0, 0.05) is 26.3 Å². The molecule has 124 valence electrons. The Hall–Kier alpha value is -0.650. The van der Waals surface area contributed by atoms with Gasteiger partial charge >= 0.3 is 5.97 Å². The summed E-state index contributed by atoms with van der Waals surface area (Å²) in [6.45, 7) is 10.5. The van der Waals surface area contributed by atoms with Crippen LogP contribution in [0.3, 0.4) is 0 Å². The van der Waals surface area contributed by atoms with Crippen molar-refractivity contribution in [2.75, 3.05) is 46.5 Å². The molecule has 1 rings (SSSR count). The molecular weight excluding hydrogens is 268 g/mol. The minimum atomic E-state index is -0.633. The predicted molar refractivity (Wildman–Crippen MR) is 84.4 cm³/mol. The van der Waals surface area contributed by atoms with Gasteiger partial charge in [-0.3, -0.25) is 4.79 Å². The molecular formula is C16H32N2O3. The molecule has 1 aliphatic rings. The quantitative estimate of drug-likeness (QED) is 0.656. The summed E-state index contributed by atoms with van der Waals surface area (Å²) < 4.78 is 10.6. The Morgan fingerprint density at radius 1 is 1.38 bits per heavy atom. The smallest absolute Gasteiger partial charge is 0.327 e. The van der Waals surface area contributed by atoms with E-state index in [2.05, 4.69) is 24.2 Å². The second kappa shape index (κ2) is 9.38. The van der Waals surface area contributed by atoms with Crippen LogP contribution in [0.5, 0.6) is 0 Å². The maximum absolute atomic E-state index is 12.3. The Morgan fingerprint density at radius 2 is 2.05 bits per heavy atom. The van der Waals surface area contributed by atoms with Gasteiger partial charge in [0.2, 0.25) is 0 Å². The number of nitrogens with one attached hydrogen (secondary N) is 1. The Kier molecular flexibility index (Phi) is 8.22. The summed E-state index contributed by atoms with van der Waals surface area (Å²) in [7, 11) is 2.08. The number of nitrogens with zero attached hydrogens (tertiary/aromatic N) is 1. The number of carbonyl (C=O) groups is 1. The summed E-state index contributed by atoms with van der Waals surface area (Å²) in [5, 5.41) is 3.36. The lowest BCUT2D eigenvalue weighted by Gasteiger charge is -2.35. The lowest BCUT2D eigenvalue weighted by molar-refractivity contribution is -0.151. The van der Waals surface area contributed by atoms with Gasteiger partial charge in [-0.15, -0.1) is 0 Å². The molecule has 1 aliphatic heterocycles. The van der Waals surface area contributed by atoms with Crippen LogP contribution >= 0.6 is 0 Å². The van der Waals surface area contributed by atoms with Crippen LogP contribution in [0.15, 0.2) is 0 Å². The van der Waals surface area contributed by atoms with Crippen molar-refractivity contribution in [3.8, 4) is 0 Å². The third-order valence-electron chi connectivity index (χ3n) is 3.99. The van der Waals surface area contributed by atoms with Gasteiger partial charge in [-0.2, -0.15) is 0 Å². The third-order valence-corrected chi connectivity index (χ3v) is 3.99. The highest BCUT2D eigenvalue weighted by atomic mass is 16.5.